The Balaban J connectivity index is 1.29. The Morgan fingerprint density at radius 1 is 0.938 bits per heavy atom. The Hall–Kier alpha value is -1.14. The molecule has 0 N–H and O–H groups in total. The lowest BCUT2D eigenvalue weighted by atomic mass is 9.44. The lowest BCUT2D eigenvalue weighted by Gasteiger charge is -2.59. The fourth-order valence-electron chi connectivity index (χ4n) is 10.1. The van der Waals surface area contributed by atoms with Gasteiger partial charge in [0.1, 0.15) is 17.3 Å². The molecule has 11 atom stereocenters. The molecule has 4 aliphatic carbocycles. The summed E-state index contributed by atoms with van der Waals surface area (Å²) in [5.41, 5.74) is -0.322. The van der Waals surface area contributed by atoms with Gasteiger partial charge in [-0.2, -0.15) is 0 Å². The van der Waals surface area contributed by atoms with Crippen LogP contribution in [0.15, 0.2) is 0 Å². The minimum absolute atomic E-state index is 0.00458. The summed E-state index contributed by atoms with van der Waals surface area (Å²) in [7, 11) is 0. The molecule has 4 saturated carbocycles. The van der Waals surface area contributed by atoms with Gasteiger partial charge in [0.25, 0.3) is 0 Å². The van der Waals surface area contributed by atoms with Crippen molar-refractivity contribution in [3.05, 3.63) is 0 Å². The Morgan fingerprint density at radius 2 is 1.66 bits per heavy atom. The molecule has 0 bridgehead atoms. The predicted molar refractivity (Wildman–Crippen MR) is 115 cm³/mol. The molecule has 2 saturated heterocycles. The van der Waals surface area contributed by atoms with Crippen LogP contribution < -0.4 is 0 Å². The van der Waals surface area contributed by atoms with E-state index in [0.717, 1.165) is 44.9 Å². The third kappa shape index (κ3) is 2.29. The van der Waals surface area contributed by atoms with E-state index in [9.17, 15) is 9.59 Å². The molecule has 2 spiro atoms. The summed E-state index contributed by atoms with van der Waals surface area (Å²) in [6.45, 7) is 12.1. The van der Waals surface area contributed by atoms with Crippen molar-refractivity contribution in [3.8, 4) is 0 Å². The number of rotatable bonds is 2. The Kier molecular flexibility index (Phi) is 4.08. The van der Waals surface area contributed by atoms with Crippen LogP contribution in [-0.2, 0) is 28.5 Å². The highest BCUT2D eigenvalue weighted by molar-refractivity contribution is 5.67. The summed E-state index contributed by atoms with van der Waals surface area (Å²) in [5.74, 6) is 0.910. The van der Waals surface area contributed by atoms with Crippen LogP contribution >= 0.6 is 0 Å². The van der Waals surface area contributed by atoms with Crippen LogP contribution in [0, 0.1) is 34.5 Å². The zero-order valence-corrected chi connectivity index (χ0v) is 20.4. The van der Waals surface area contributed by atoms with Gasteiger partial charge in [-0.25, -0.2) is 0 Å². The number of esters is 2. The lowest BCUT2D eigenvalue weighted by molar-refractivity contribution is -0.159. The van der Waals surface area contributed by atoms with Crippen LogP contribution in [0.4, 0.5) is 0 Å². The average molecular weight is 447 g/mol. The van der Waals surface area contributed by atoms with Gasteiger partial charge in [-0.1, -0.05) is 20.8 Å². The van der Waals surface area contributed by atoms with E-state index >= 15 is 0 Å². The topological polar surface area (TPSA) is 77.7 Å². The first kappa shape index (κ1) is 21.4. The van der Waals surface area contributed by atoms with Gasteiger partial charge in [0, 0.05) is 38.0 Å². The molecule has 0 aromatic carbocycles. The molecular formula is C26H38O6. The quantitative estimate of drug-likeness (QED) is 0.463. The second-order valence-electron chi connectivity index (χ2n) is 12.5. The fourth-order valence-corrected chi connectivity index (χ4v) is 10.1. The summed E-state index contributed by atoms with van der Waals surface area (Å²) in [6.07, 6.45) is 7.62. The van der Waals surface area contributed by atoms with Crippen LogP contribution in [0.2, 0.25) is 0 Å². The van der Waals surface area contributed by atoms with Crippen molar-refractivity contribution in [2.24, 2.45) is 34.5 Å². The van der Waals surface area contributed by atoms with Crippen molar-refractivity contribution in [1.29, 1.82) is 0 Å². The van der Waals surface area contributed by atoms with Gasteiger partial charge in [-0.15, -0.1) is 0 Å². The van der Waals surface area contributed by atoms with Gasteiger partial charge in [0.15, 0.2) is 0 Å². The molecular weight excluding hydrogens is 408 g/mol. The Morgan fingerprint density at radius 3 is 2.34 bits per heavy atom. The minimum Gasteiger partial charge on any atom is -0.462 e. The van der Waals surface area contributed by atoms with E-state index < -0.39 is 5.79 Å². The molecule has 6 heteroatoms. The molecule has 32 heavy (non-hydrogen) atoms. The molecule has 2 heterocycles. The van der Waals surface area contributed by atoms with E-state index in [1.807, 2.05) is 6.92 Å². The molecule has 178 valence electrons. The van der Waals surface area contributed by atoms with E-state index in [1.54, 1.807) is 0 Å². The molecule has 0 radical (unpaired) electrons. The first-order valence-corrected chi connectivity index (χ1v) is 12.7. The van der Waals surface area contributed by atoms with E-state index in [1.165, 1.54) is 13.8 Å². The van der Waals surface area contributed by atoms with E-state index in [0.29, 0.717) is 23.7 Å². The first-order valence-electron chi connectivity index (χ1n) is 12.7. The molecule has 0 amide bonds. The zero-order valence-electron chi connectivity index (χ0n) is 20.4. The fraction of sp³-hybridized carbons (Fsp3) is 0.923. The number of hydrogen-bond donors (Lipinski definition) is 0. The summed E-state index contributed by atoms with van der Waals surface area (Å²) in [5, 5.41) is 0. The number of carbonyl (C=O) groups is 2. The van der Waals surface area contributed by atoms with Crippen LogP contribution in [-0.4, -0.2) is 41.1 Å². The van der Waals surface area contributed by atoms with Crippen molar-refractivity contribution in [1.82, 2.24) is 0 Å². The standard InChI is InChI=1S/C26H38O6/c1-14-11-20-18-12-21-25(31-21)13-17(29-15(2)27)7-9-22(25,4)19(18)8-10-23(20,5)26(14)24(6,32-26)30-16(3)28/h14,17-21H,7-13H2,1-6H3/t14-,17-,18-,19+,20+,21+,22-,23+,24+,25+,26-/m1/s1. The van der Waals surface area contributed by atoms with Gasteiger partial charge in [-0.3, -0.25) is 9.59 Å². The number of carbonyl (C=O) groups excluding carboxylic acids is 2. The molecule has 6 aliphatic rings. The SMILES string of the molecule is CC(=O)O[C@@H]1CC[C@]2(C)[C@H]3CC[C@@]4(C)[C@@H](C[C@@H](C)[C@@]45O[C@]5(C)OC(C)=O)[C@@H]3C[C@@H]3O[C@@]32C1. The normalized spacial score (nSPS) is 59.3. The third-order valence-electron chi connectivity index (χ3n) is 11.2. The van der Waals surface area contributed by atoms with Crippen LogP contribution in [0.5, 0.6) is 0 Å². The first-order chi connectivity index (χ1) is 14.9. The second-order valence-corrected chi connectivity index (χ2v) is 12.5. The van der Waals surface area contributed by atoms with Gasteiger partial charge < -0.3 is 18.9 Å². The highest BCUT2D eigenvalue weighted by Crippen LogP contribution is 2.79. The molecule has 2 aliphatic heterocycles. The van der Waals surface area contributed by atoms with E-state index in [-0.39, 0.29) is 46.2 Å². The Labute approximate surface area is 191 Å². The second kappa shape index (κ2) is 6.10. The predicted octanol–water partition coefficient (Wildman–Crippen LogP) is 4.39. The van der Waals surface area contributed by atoms with Gasteiger partial charge >= 0.3 is 11.9 Å². The van der Waals surface area contributed by atoms with E-state index in [4.69, 9.17) is 18.9 Å². The monoisotopic (exact) mass is 446 g/mol. The smallest absolute Gasteiger partial charge is 0.305 e. The average Bonchev–Trinajstić information content (AvgIpc) is 3.52. The maximum Gasteiger partial charge on any atom is 0.305 e. The highest BCUT2D eigenvalue weighted by Gasteiger charge is 2.86. The summed E-state index contributed by atoms with van der Waals surface area (Å²) in [4.78, 5) is 23.4. The molecule has 0 unspecified atom stereocenters. The highest BCUT2D eigenvalue weighted by atomic mass is 16.8. The molecule has 6 rings (SSSR count). The molecule has 6 fully saturated rings. The number of hydrogen-bond acceptors (Lipinski definition) is 6. The number of fused-ring (bicyclic) bond motifs is 5. The van der Waals surface area contributed by atoms with Crippen LogP contribution in [0.3, 0.4) is 0 Å². The van der Waals surface area contributed by atoms with Crippen molar-refractivity contribution in [2.45, 2.75) is 116 Å². The maximum atomic E-state index is 11.8. The lowest BCUT2D eigenvalue weighted by Crippen LogP contribution is -2.59. The summed E-state index contributed by atoms with van der Waals surface area (Å²) < 4.78 is 24.4. The number of epoxide rings is 2. The van der Waals surface area contributed by atoms with Crippen molar-refractivity contribution in [3.63, 3.8) is 0 Å². The van der Waals surface area contributed by atoms with Gasteiger partial charge in [0.05, 0.1) is 6.10 Å². The van der Waals surface area contributed by atoms with Crippen molar-refractivity contribution < 1.29 is 28.5 Å². The van der Waals surface area contributed by atoms with Crippen molar-refractivity contribution in [2.75, 3.05) is 0 Å². The molecule has 6 nitrogen and oxygen atoms in total. The van der Waals surface area contributed by atoms with Gasteiger partial charge in [0.2, 0.25) is 5.79 Å². The third-order valence-corrected chi connectivity index (χ3v) is 11.2. The summed E-state index contributed by atoms with van der Waals surface area (Å²) in [6, 6.07) is 0. The number of ether oxygens (including phenoxy) is 4. The zero-order chi connectivity index (χ0) is 22.9. The summed E-state index contributed by atoms with van der Waals surface area (Å²) >= 11 is 0. The van der Waals surface area contributed by atoms with Gasteiger partial charge in [-0.05, 0) is 62.2 Å². The van der Waals surface area contributed by atoms with Crippen molar-refractivity contribution >= 4 is 11.9 Å². The maximum absolute atomic E-state index is 11.8. The largest absolute Gasteiger partial charge is 0.462 e. The molecule has 0 aromatic rings. The minimum atomic E-state index is -0.797. The Bertz CT molecular complexity index is 888. The molecule has 0 aromatic heterocycles. The van der Waals surface area contributed by atoms with Crippen LogP contribution in [0.25, 0.3) is 0 Å². The van der Waals surface area contributed by atoms with E-state index in [2.05, 4.69) is 20.8 Å². The van der Waals surface area contributed by atoms with Crippen LogP contribution in [0.1, 0.15) is 86.5 Å².